The van der Waals surface area contributed by atoms with Crippen LogP contribution in [0.3, 0.4) is 0 Å². The Hall–Kier alpha value is -1.56. The zero-order valence-corrected chi connectivity index (χ0v) is 10.4. The lowest BCUT2D eigenvalue weighted by molar-refractivity contribution is -0.137. The minimum Gasteiger partial charge on any atom is -0.379 e. The molecule has 0 aliphatic heterocycles. The number of nitrogens with one attached hydrogen (secondary N) is 1. The normalized spacial score (nSPS) is 11.6. The lowest BCUT2D eigenvalue weighted by Gasteiger charge is -2.08. The van der Waals surface area contributed by atoms with Crippen LogP contribution in [0.2, 0.25) is 0 Å². The van der Waals surface area contributed by atoms with Gasteiger partial charge in [-0.25, -0.2) is 4.98 Å². The molecule has 0 atom stereocenters. The van der Waals surface area contributed by atoms with E-state index in [-0.39, 0.29) is 0 Å². The van der Waals surface area contributed by atoms with E-state index < -0.39 is 11.7 Å². The molecular formula is C12H11F3N2S. The van der Waals surface area contributed by atoms with Crippen LogP contribution in [0.25, 0.3) is 0 Å². The Bertz CT molecular complexity index is 517. The average molecular weight is 272 g/mol. The molecule has 2 nitrogen and oxygen atoms in total. The van der Waals surface area contributed by atoms with Crippen molar-refractivity contribution in [3.05, 3.63) is 45.9 Å². The van der Waals surface area contributed by atoms with Gasteiger partial charge in [-0.2, -0.15) is 13.2 Å². The van der Waals surface area contributed by atoms with E-state index in [1.165, 1.54) is 23.5 Å². The Balaban J connectivity index is 1.98. The molecule has 0 saturated carbocycles. The van der Waals surface area contributed by atoms with Crippen molar-refractivity contribution in [2.45, 2.75) is 19.6 Å². The summed E-state index contributed by atoms with van der Waals surface area (Å²) in [5.41, 5.74) is 0.957. The van der Waals surface area contributed by atoms with Crippen LogP contribution in [-0.2, 0) is 12.7 Å². The van der Waals surface area contributed by atoms with Gasteiger partial charge in [0.05, 0.1) is 12.1 Å². The molecule has 96 valence electrons. The first-order valence-corrected chi connectivity index (χ1v) is 6.15. The van der Waals surface area contributed by atoms with E-state index in [1.807, 2.05) is 12.3 Å². The van der Waals surface area contributed by atoms with Gasteiger partial charge in [0.1, 0.15) is 5.01 Å². The summed E-state index contributed by atoms with van der Waals surface area (Å²) in [4.78, 5) is 4.26. The number of aromatic nitrogens is 1. The Labute approximate surface area is 106 Å². The number of anilines is 1. The molecule has 0 amide bonds. The highest BCUT2D eigenvalue weighted by Gasteiger charge is 2.29. The minimum atomic E-state index is -4.29. The van der Waals surface area contributed by atoms with Gasteiger partial charge in [0, 0.05) is 16.8 Å². The number of benzene rings is 1. The van der Waals surface area contributed by atoms with Gasteiger partial charge < -0.3 is 5.32 Å². The molecule has 0 fully saturated rings. The van der Waals surface area contributed by atoms with E-state index in [0.29, 0.717) is 12.2 Å². The summed E-state index contributed by atoms with van der Waals surface area (Å²) in [6, 6.07) is 4.97. The van der Waals surface area contributed by atoms with Crippen molar-refractivity contribution in [1.29, 1.82) is 0 Å². The van der Waals surface area contributed by atoms with Gasteiger partial charge in [0.25, 0.3) is 0 Å². The van der Waals surface area contributed by atoms with Gasteiger partial charge in [-0.05, 0) is 31.2 Å². The first-order valence-electron chi connectivity index (χ1n) is 5.27. The van der Waals surface area contributed by atoms with Crippen LogP contribution in [0.1, 0.15) is 16.3 Å². The SMILES string of the molecule is Cc1csc(CNc2ccc(C(F)(F)F)cc2)n1. The number of nitrogens with zero attached hydrogens (tertiary/aromatic N) is 1. The van der Waals surface area contributed by atoms with E-state index in [4.69, 9.17) is 0 Å². The second-order valence-electron chi connectivity index (χ2n) is 3.81. The van der Waals surface area contributed by atoms with Crippen molar-refractivity contribution in [3.63, 3.8) is 0 Å². The Morgan fingerprint density at radius 1 is 1.22 bits per heavy atom. The molecule has 2 aromatic rings. The molecule has 1 N–H and O–H groups in total. The highest BCUT2D eigenvalue weighted by molar-refractivity contribution is 7.09. The molecule has 0 saturated heterocycles. The largest absolute Gasteiger partial charge is 0.416 e. The number of rotatable bonds is 3. The Morgan fingerprint density at radius 2 is 1.89 bits per heavy atom. The number of aryl methyl sites for hydroxylation is 1. The van der Waals surface area contributed by atoms with Gasteiger partial charge in [0.15, 0.2) is 0 Å². The molecule has 1 aromatic heterocycles. The molecule has 6 heteroatoms. The highest BCUT2D eigenvalue weighted by atomic mass is 32.1. The summed E-state index contributed by atoms with van der Waals surface area (Å²) in [5, 5.41) is 5.88. The summed E-state index contributed by atoms with van der Waals surface area (Å²) in [7, 11) is 0. The lowest BCUT2D eigenvalue weighted by atomic mass is 10.2. The van der Waals surface area contributed by atoms with E-state index >= 15 is 0 Å². The van der Waals surface area contributed by atoms with E-state index in [9.17, 15) is 13.2 Å². The molecule has 0 aliphatic rings. The Kier molecular flexibility index (Phi) is 3.56. The summed E-state index contributed by atoms with van der Waals surface area (Å²) >= 11 is 1.52. The molecule has 0 aliphatic carbocycles. The monoisotopic (exact) mass is 272 g/mol. The third kappa shape index (κ3) is 3.22. The van der Waals surface area contributed by atoms with Gasteiger partial charge in [-0.3, -0.25) is 0 Å². The molecule has 0 radical (unpaired) electrons. The number of thiazole rings is 1. The predicted molar refractivity (Wildman–Crippen MR) is 65.6 cm³/mol. The van der Waals surface area contributed by atoms with Gasteiger partial charge in [-0.1, -0.05) is 0 Å². The molecule has 2 rings (SSSR count). The average Bonchev–Trinajstić information content (AvgIpc) is 2.72. The zero-order chi connectivity index (χ0) is 13.2. The maximum atomic E-state index is 12.3. The molecule has 1 aromatic carbocycles. The van der Waals surface area contributed by atoms with E-state index in [2.05, 4.69) is 10.3 Å². The fourth-order valence-electron chi connectivity index (χ4n) is 1.44. The lowest BCUT2D eigenvalue weighted by Crippen LogP contribution is -2.05. The summed E-state index contributed by atoms with van der Waals surface area (Å²) < 4.78 is 37.0. The number of hydrogen-bond acceptors (Lipinski definition) is 3. The van der Waals surface area contributed by atoms with Crippen LogP contribution in [-0.4, -0.2) is 4.98 Å². The first kappa shape index (κ1) is 12.9. The summed E-state index contributed by atoms with van der Waals surface area (Å²) in [5.74, 6) is 0. The number of hydrogen-bond donors (Lipinski definition) is 1. The van der Waals surface area contributed by atoms with E-state index in [0.717, 1.165) is 22.8 Å². The second-order valence-corrected chi connectivity index (χ2v) is 4.75. The first-order chi connectivity index (χ1) is 8.45. The topological polar surface area (TPSA) is 24.9 Å². The summed E-state index contributed by atoms with van der Waals surface area (Å²) in [6.07, 6.45) is -4.29. The van der Waals surface area contributed by atoms with Crippen LogP contribution in [0.4, 0.5) is 18.9 Å². The third-order valence-corrected chi connectivity index (χ3v) is 3.29. The molecular weight excluding hydrogens is 261 g/mol. The van der Waals surface area contributed by atoms with Gasteiger partial charge >= 0.3 is 6.18 Å². The zero-order valence-electron chi connectivity index (χ0n) is 9.58. The molecule has 1 heterocycles. The van der Waals surface area contributed by atoms with Crippen molar-refractivity contribution >= 4 is 17.0 Å². The smallest absolute Gasteiger partial charge is 0.379 e. The number of alkyl halides is 3. The fraction of sp³-hybridized carbons (Fsp3) is 0.250. The minimum absolute atomic E-state index is 0.518. The van der Waals surface area contributed by atoms with Gasteiger partial charge in [0.2, 0.25) is 0 Å². The maximum Gasteiger partial charge on any atom is 0.416 e. The molecule has 0 spiro atoms. The van der Waals surface area contributed by atoms with Crippen molar-refractivity contribution in [2.24, 2.45) is 0 Å². The van der Waals surface area contributed by atoms with Crippen molar-refractivity contribution in [3.8, 4) is 0 Å². The Morgan fingerprint density at radius 3 is 2.39 bits per heavy atom. The van der Waals surface area contributed by atoms with Crippen LogP contribution >= 0.6 is 11.3 Å². The third-order valence-electron chi connectivity index (χ3n) is 2.32. The standard InChI is InChI=1S/C12H11F3N2S/c1-8-7-18-11(17-8)6-16-10-4-2-9(3-5-10)12(13,14)15/h2-5,7,16H,6H2,1H3. The predicted octanol–water partition coefficient (Wildman–Crippen LogP) is 4.08. The second kappa shape index (κ2) is 4.97. The summed E-state index contributed by atoms with van der Waals surface area (Å²) in [6.45, 7) is 2.42. The van der Waals surface area contributed by atoms with Crippen molar-refractivity contribution in [2.75, 3.05) is 5.32 Å². The number of halogens is 3. The molecule has 0 unspecified atom stereocenters. The molecule has 18 heavy (non-hydrogen) atoms. The fourth-order valence-corrected chi connectivity index (χ4v) is 2.15. The van der Waals surface area contributed by atoms with Crippen LogP contribution in [0.5, 0.6) is 0 Å². The quantitative estimate of drug-likeness (QED) is 0.910. The van der Waals surface area contributed by atoms with Crippen LogP contribution < -0.4 is 5.32 Å². The van der Waals surface area contributed by atoms with Gasteiger partial charge in [-0.15, -0.1) is 11.3 Å². The maximum absolute atomic E-state index is 12.3. The molecule has 0 bridgehead atoms. The van der Waals surface area contributed by atoms with Crippen LogP contribution in [0, 0.1) is 6.92 Å². The van der Waals surface area contributed by atoms with Crippen molar-refractivity contribution in [1.82, 2.24) is 4.98 Å². The van der Waals surface area contributed by atoms with E-state index in [1.54, 1.807) is 0 Å². The van der Waals surface area contributed by atoms with Crippen molar-refractivity contribution < 1.29 is 13.2 Å². The van der Waals surface area contributed by atoms with Crippen LogP contribution in [0.15, 0.2) is 29.6 Å². The highest BCUT2D eigenvalue weighted by Crippen LogP contribution is 2.29.